The van der Waals surface area contributed by atoms with Gasteiger partial charge in [-0.25, -0.2) is 0 Å². The molecule has 2 aromatic rings. The lowest BCUT2D eigenvalue weighted by Crippen LogP contribution is -2.43. The van der Waals surface area contributed by atoms with Gasteiger partial charge in [-0.1, -0.05) is 27.5 Å². The molecule has 1 aliphatic rings. The van der Waals surface area contributed by atoms with E-state index < -0.39 is 36.2 Å². The van der Waals surface area contributed by atoms with Crippen LogP contribution < -0.4 is 20.2 Å². The van der Waals surface area contributed by atoms with Crippen LogP contribution in [0.1, 0.15) is 16.8 Å². The van der Waals surface area contributed by atoms with Gasteiger partial charge in [0.15, 0.2) is 18.1 Å². The van der Waals surface area contributed by atoms with Gasteiger partial charge in [0.05, 0.1) is 37.4 Å². The molecule has 12 heteroatoms. The quantitative estimate of drug-likeness (QED) is 0.481. The van der Waals surface area contributed by atoms with Gasteiger partial charge in [0.1, 0.15) is 0 Å². The molecule has 0 spiro atoms. The largest absolute Gasteiger partial charge is 0.493 e. The highest BCUT2D eigenvalue weighted by molar-refractivity contribution is 9.10. The van der Waals surface area contributed by atoms with E-state index in [4.69, 9.17) is 25.8 Å². The summed E-state index contributed by atoms with van der Waals surface area (Å²) in [5, 5.41) is 3.90. The van der Waals surface area contributed by atoms with Crippen molar-refractivity contribution >= 4 is 56.9 Å². The van der Waals surface area contributed by atoms with Crippen LogP contribution in [-0.4, -0.2) is 56.1 Å². The van der Waals surface area contributed by atoms with Gasteiger partial charge in [0, 0.05) is 16.5 Å². The highest BCUT2D eigenvalue weighted by Crippen LogP contribution is 2.28. The highest BCUT2D eigenvalue weighted by Gasteiger charge is 2.36. The van der Waals surface area contributed by atoms with Gasteiger partial charge in [0.2, 0.25) is 5.91 Å². The first-order valence-electron chi connectivity index (χ1n) is 9.96. The van der Waals surface area contributed by atoms with Crippen molar-refractivity contribution in [3.05, 3.63) is 51.5 Å². The lowest BCUT2D eigenvalue weighted by molar-refractivity contribution is -0.151. The molecule has 0 bridgehead atoms. The van der Waals surface area contributed by atoms with Crippen LogP contribution in [0.2, 0.25) is 5.02 Å². The molecule has 1 atom stereocenters. The molecule has 1 saturated heterocycles. The number of methoxy groups -OCH3 is 2. The molecular formula is C22H21BrClN3O7. The predicted molar refractivity (Wildman–Crippen MR) is 126 cm³/mol. The third-order valence-corrected chi connectivity index (χ3v) is 5.70. The number of anilines is 1. The van der Waals surface area contributed by atoms with Gasteiger partial charge in [-0.15, -0.1) is 0 Å². The molecule has 1 heterocycles. The van der Waals surface area contributed by atoms with E-state index in [1.807, 2.05) is 0 Å². The van der Waals surface area contributed by atoms with Crippen LogP contribution in [0.3, 0.4) is 0 Å². The number of carbonyl (C=O) groups excluding carboxylic acids is 4. The summed E-state index contributed by atoms with van der Waals surface area (Å²) in [4.78, 5) is 49.3. The van der Waals surface area contributed by atoms with Crippen molar-refractivity contribution in [1.29, 1.82) is 0 Å². The normalized spacial score (nSPS) is 15.0. The van der Waals surface area contributed by atoms with Crippen molar-refractivity contribution in [2.75, 3.05) is 32.7 Å². The van der Waals surface area contributed by atoms with E-state index in [1.165, 1.54) is 26.4 Å². The van der Waals surface area contributed by atoms with E-state index in [2.05, 4.69) is 26.7 Å². The molecule has 0 saturated carbocycles. The third kappa shape index (κ3) is 6.17. The zero-order valence-electron chi connectivity index (χ0n) is 18.2. The molecule has 1 fully saturated rings. The average molecular weight is 555 g/mol. The number of rotatable bonds is 8. The fourth-order valence-corrected chi connectivity index (χ4v) is 3.89. The zero-order chi connectivity index (χ0) is 24.8. The van der Waals surface area contributed by atoms with E-state index in [1.54, 1.807) is 24.3 Å². The second-order valence-corrected chi connectivity index (χ2v) is 8.52. The van der Waals surface area contributed by atoms with E-state index in [0.29, 0.717) is 22.2 Å². The Balaban J connectivity index is 1.52. The van der Waals surface area contributed by atoms with Crippen LogP contribution in [-0.2, 0) is 19.1 Å². The number of benzene rings is 2. The van der Waals surface area contributed by atoms with Gasteiger partial charge in [-0.05, 0) is 36.4 Å². The number of amides is 3. The summed E-state index contributed by atoms with van der Waals surface area (Å²) in [7, 11) is 2.91. The monoisotopic (exact) mass is 553 g/mol. The lowest BCUT2D eigenvalue weighted by atomic mass is 10.1. The minimum Gasteiger partial charge on any atom is -0.493 e. The Morgan fingerprint density at radius 1 is 1.12 bits per heavy atom. The molecule has 3 amide bonds. The molecule has 2 N–H and O–H groups in total. The highest BCUT2D eigenvalue weighted by atomic mass is 79.9. The van der Waals surface area contributed by atoms with Crippen LogP contribution in [0.25, 0.3) is 0 Å². The van der Waals surface area contributed by atoms with Gasteiger partial charge in [0.25, 0.3) is 11.8 Å². The van der Waals surface area contributed by atoms with Gasteiger partial charge >= 0.3 is 5.97 Å². The maximum atomic E-state index is 12.5. The van der Waals surface area contributed by atoms with Gasteiger partial charge in [-0.3, -0.25) is 29.6 Å². The molecule has 3 rings (SSSR count). The molecular weight excluding hydrogens is 534 g/mol. The van der Waals surface area contributed by atoms with Gasteiger partial charge in [-0.2, -0.15) is 0 Å². The number of esters is 1. The molecule has 0 aromatic heterocycles. The number of ether oxygens (including phenoxy) is 3. The standard InChI is InChI=1S/C22H21BrClN3O7/c1-32-17-6-3-12(7-18(17)33-2)21(30)26-27-10-13(8-20(27)29)22(31)34-11-19(28)25-16-5-4-14(23)9-15(16)24/h3-7,9,13H,8,10-11H2,1-2H3,(H,25,28)(H,26,30)/t13-/m1/s1. The van der Waals surface area contributed by atoms with E-state index in [-0.39, 0.29) is 18.5 Å². The number of carbonyl (C=O) groups is 4. The van der Waals surface area contributed by atoms with Crippen LogP contribution >= 0.6 is 27.5 Å². The first-order chi connectivity index (χ1) is 16.2. The Morgan fingerprint density at radius 3 is 2.53 bits per heavy atom. The molecule has 0 aliphatic carbocycles. The molecule has 10 nitrogen and oxygen atoms in total. The molecule has 1 aliphatic heterocycles. The fraction of sp³-hybridized carbons (Fsp3) is 0.273. The fourth-order valence-electron chi connectivity index (χ4n) is 3.17. The number of nitrogens with zero attached hydrogens (tertiary/aromatic N) is 1. The van der Waals surface area contributed by atoms with Crippen molar-refractivity contribution in [2.24, 2.45) is 5.92 Å². The Morgan fingerprint density at radius 2 is 1.85 bits per heavy atom. The Bertz CT molecular complexity index is 1130. The number of hydrogen-bond donors (Lipinski definition) is 2. The van der Waals surface area contributed by atoms with Crippen molar-refractivity contribution in [2.45, 2.75) is 6.42 Å². The zero-order valence-corrected chi connectivity index (χ0v) is 20.6. The van der Waals surface area contributed by atoms with E-state index >= 15 is 0 Å². The number of hydrazine groups is 1. The summed E-state index contributed by atoms with van der Waals surface area (Å²) in [5.74, 6) is -2.36. The average Bonchev–Trinajstić information content (AvgIpc) is 3.18. The number of hydrogen-bond acceptors (Lipinski definition) is 7. The Hall–Kier alpha value is -3.31. The second kappa shape index (κ2) is 11.2. The summed E-state index contributed by atoms with van der Waals surface area (Å²) in [6, 6.07) is 9.45. The Labute approximate surface area is 208 Å². The molecule has 34 heavy (non-hydrogen) atoms. The molecule has 0 unspecified atom stereocenters. The van der Waals surface area contributed by atoms with Crippen molar-refractivity contribution in [3.63, 3.8) is 0 Å². The topological polar surface area (TPSA) is 123 Å². The third-order valence-electron chi connectivity index (χ3n) is 4.89. The minimum absolute atomic E-state index is 0.0865. The van der Waals surface area contributed by atoms with Gasteiger partial charge < -0.3 is 19.5 Å². The summed E-state index contributed by atoms with van der Waals surface area (Å²) in [6.07, 6.45) is -0.162. The van der Waals surface area contributed by atoms with Crippen molar-refractivity contribution in [1.82, 2.24) is 10.4 Å². The maximum absolute atomic E-state index is 12.5. The number of halogens is 2. The lowest BCUT2D eigenvalue weighted by Gasteiger charge is -2.18. The summed E-state index contributed by atoms with van der Waals surface area (Å²) in [5.41, 5.74) is 3.07. The SMILES string of the molecule is COc1ccc(C(=O)NN2C[C@H](C(=O)OCC(=O)Nc3ccc(Br)cc3Cl)CC2=O)cc1OC. The first-order valence-corrected chi connectivity index (χ1v) is 11.1. The summed E-state index contributed by atoms with van der Waals surface area (Å²) < 4.78 is 16.1. The van der Waals surface area contributed by atoms with Crippen LogP contribution in [0.4, 0.5) is 5.69 Å². The van der Waals surface area contributed by atoms with E-state index in [0.717, 1.165) is 9.48 Å². The van der Waals surface area contributed by atoms with Crippen LogP contribution in [0.5, 0.6) is 11.5 Å². The minimum atomic E-state index is -0.831. The van der Waals surface area contributed by atoms with Crippen LogP contribution in [0.15, 0.2) is 40.9 Å². The molecule has 180 valence electrons. The second-order valence-electron chi connectivity index (χ2n) is 7.20. The maximum Gasteiger partial charge on any atom is 0.311 e. The predicted octanol–water partition coefficient (Wildman–Crippen LogP) is 2.79. The van der Waals surface area contributed by atoms with Crippen molar-refractivity contribution < 1.29 is 33.4 Å². The molecule has 2 aromatic carbocycles. The summed E-state index contributed by atoms with van der Waals surface area (Å²) >= 11 is 9.31. The van der Waals surface area contributed by atoms with Crippen LogP contribution in [0, 0.1) is 5.92 Å². The molecule has 0 radical (unpaired) electrons. The Kier molecular flexibility index (Phi) is 8.35. The summed E-state index contributed by atoms with van der Waals surface area (Å²) in [6.45, 7) is -0.634. The smallest absolute Gasteiger partial charge is 0.311 e. The first kappa shape index (κ1) is 25.3. The number of nitrogens with one attached hydrogen (secondary N) is 2. The van der Waals surface area contributed by atoms with E-state index in [9.17, 15) is 19.2 Å². The van der Waals surface area contributed by atoms with Crippen molar-refractivity contribution in [3.8, 4) is 11.5 Å².